The molecule has 4 rings (SSSR count). The third-order valence-corrected chi connectivity index (χ3v) is 6.48. The molecule has 0 saturated carbocycles. The van der Waals surface area contributed by atoms with Crippen LogP contribution in [0, 0.1) is 0 Å². The van der Waals surface area contributed by atoms with Crippen molar-refractivity contribution < 1.29 is 9.53 Å². The fraction of sp³-hybridized carbons (Fsp3) is 0.350. The lowest BCUT2D eigenvalue weighted by atomic mass is 9.97. The van der Waals surface area contributed by atoms with Crippen molar-refractivity contribution >= 4 is 43.4 Å². The standard InChI is InChI=1S/C20H20BrN3O3S/c21-13-7-9-14(10-8-13)27-11-3-6-17(25)23-24-12-22-19-18(20(24)26)15-4-1-2-5-16(15)28-19/h7-10,12H,1-6,11H2,(H,23,25). The second-order valence-electron chi connectivity index (χ2n) is 6.75. The monoisotopic (exact) mass is 461 g/mol. The van der Waals surface area contributed by atoms with E-state index in [9.17, 15) is 9.59 Å². The molecule has 8 heteroatoms. The summed E-state index contributed by atoms with van der Waals surface area (Å²) in [5, 5.41) is 0.668. The van der Waals surface area contributed by atoms with Crippen LogP contribution in [-0.4, -0.2) is 22.2 Å². The lowest BCUT2D eigenvalue weighted by molar-refractivity contribution is -0.117. The minimum absolute atomic E-state index is 0.191. The van der Waals surface area contributed by atoms with Crippen LogP contribution in [0.3, 0.4) is 0 Å². The average Bonchev–Trinajstić information content (AvgIpc) is 3.08. The molecule has 6 nitrogen and oxygen atoms in total. The molecule has 1 N–H and O–H groups in total. The molecule has 0 unspecified atom stereocenters. The zero-order valence-electron chi connectivity index (χ0n) is 15.2. The van der Waals surface area contributed by atoms with E-state index in [0.29, 0.717) is 18.4 Å². The van der Waals surface area contributed by atoms with Gasteiger partial charge in [0, 0.05) is 15.8 Å². The Morgan fingerprint density at radius 1 is 1.25 bits per heavy atom. The van der Waals surface area contributed by atoms with Crippen molar-refractivity contribution in [3.63, 3.8) is 0 Å². The van der Waals surface area contributed by atoms with Gasteiger partial charge < -0.3 is 4.74 Å². The van der Waals surface area contributed by atoms with Crippen LogP contribution in [0.1, 0.15) is 36.1 Å². The van der Waals surface area contributed by atoms with E-state index < -0.39 is 0 Å². The van der Waals surface area contributed by atoms with Crippen LogP contribution in [0.2, 0.25) is 0 Å². The molecule has 1 amide bonds. The van der Waals surface area contributed by atoms with Crippen molar-refractivity contribution in [3.8, 4) is 5.75 Å². The Morgan fingerprint density at radius 2 is 2.04 bits per heavy atom. The molecule has 0 radical (unpaired) electrons. The van der Waals surface area contributed by atoms with Gasteiger partial charge in [0.25, 0.3) is 5.56 Å². The number of nitrogens with one attached hydrogen (secondary N) is 1. The highest BCUT2D eigenvalue weighted by Crippen LogP contribution is 2.33. The number of nitrogens with zero attached hydrogens (tertiary/aromatic N) is 2. The second-order valence-corrected chi connectivity index (χ2v) is 8.75. The number of halogens is 1. The summed E-state index contributed by atoms with van der Waals surface area (Å²) in [6.45, 7) is 0.430. The number of hydrogen-bond acceptors (Lipinski definition) is 5. The van der Waals surface area contributed by atoms with Gasteiger partial charge in [0.15, 0.2) is 0 Å². The van der Waals surface area contributed by atoms with E-state index in [1.165, 1.54) is 15.9 Å². The first kappa shape index (κ1) is 19.1. The smallest absolute Gasteiger partial charge is 0.281 e. The predicted molar refractivity (Wildman–Crippen MR) is 114 cm³/mol. The molecule has 0 aliphatic heterocycles. The summed E-state index contributed by atoms with van der Waals surface area (Å²) in [6, 6.07) is 7.54. The Morgan fingerprint density at radius 3 is 2.86 bits per heavy atom. The van der Waals surface area contributed by atoms with Crippen LogP contribution in [0.15, 0.2) is 39.9 Å². The number of hydrogen-bond donors (Lipinski definition) is 1. The summed E-state index contributed by atoms with van der Waals surface area (Å²) in [5.74, 6) is 0.531. The first-order valence-electron chi connectivity index (χ1n) is 9.32. The lowest BCUT2D eigenvalue weighted by Gasteiger charge is -2.11. The molecule has 1 aliphatic carbocycles. The highest BCUT2D eigenvalue weighted by atomic mass is 79.9. The van der Waals surface area contributed by atoms with Crippen LogP contribution >= 0.6 is 27.3 Å². The maximum atomic E-state index is 12.8. The molecule has 0 atom stereocenters. The van der Waals surface area contributed by atoms with Crippen LogP contribution < -0.4 is 15.7 Å². The normalized spacial score (nSPS) is 13.3. The Labute approximate surface area is 174 Å². The Balaban J connectivity index is 1.36. The van der Waals surface area contributed by atoms with Crippen molar-refractivity contribution in [3.05, 3.63) is 55.9 Å². The van der Waals surface area contributed by atoms with Gasteiger partial charge in [-0.2, -0.15) is 0 Å². The predicted octanol–water partition coefficient (Wildman–Crippen LogP) is 4.03. The van der Waals surface area contributed by atoms with E-state index >= 15 is 0 Å². The highest BCUT2D eigenvalue weighted by Gasteiger charge is 2.20. The number of carbonyl (C=O) groups excluding carboxylic acids is 1. The number of carbonyl (C=O) groups is 1. The van der Waals surface area contributed by atoms with E-state index in [1.807, 2.05) is 24.3 Å². The van der Waals surface area contributed by atoms with E-state index in [-0.39, 0.29) is 17.9 Å². The number of thiophene rings is 1. The topological polar surface area (TPSA) is 73.2 Å². The van der Waals surface area contributed by atoms with Crippen molar-refractivity contribution in [1.29, 1.82) is 0 Å². The van der Waals surface area contributed by atoms with E-state index in [4.69, 9.17) is 4.74 Å². The average molecular weight is 462 g/mol. The Kier molecular flexibility index (Phi) is 5.77. The molecule has 1 aromatic carbocycles. The summed E-state index contributed by atoms with van der Waals surface area (Å²) < 4.78 is 7.81. The van der Waals surface area contributed by atoms with Gasteiger partial charge in [-0.25, -0.2) is 9.66 Å². The minimum Gasteiger partial charge on any atom is -0.494 e. The highest BCUT2D eigenvalue weighted by molar-refractivity contribution is 9.10. The molecule has 0 fully saturated rings. The Hall–Kier alpha value is -2.19. The van der Waals surface area contributed by atoms with Crippen LogP contribution in [0.4, 0.5) is 0 Å². The molecule has 0 bridgehead atoms. The number of aromatic nitrogens is 2. The van der Waals surface area contributed by atoms with Crippen molar-refractivity contribution in [2.45, 2.75) is 38.5 Å². The first-order valence-corrected chi connectivity index (χ1v) is 10.9. The van der Waals surface area contributed by atoms with Crippen LogP contribution in [-0.2, 0) is 17.6 Å². The molecule has 146 valence electrons. The van der Waals surface area contributed by atoms with Gasteiger partial charge in [0.1, 0.15) is 16.9 Å². The summed E-state index contributed by atoms with van der Waals surface area (Å²) in [6.07, 6.45) is 6.41. The maximum absolute atomic E-state index is 12.8. The zero-order chi connectivity index (χ0) is 19.5. The number of ether oxygens (including phenoxy) is 1. The first-order chi connectivity index (χ1) is 13.6. The largest absolute Gasteiger partial charge is 0.494 e. The number of aryl methyl sites for hydroxylation is 2. The third-order valence-electron chi connectivity index (χ3n) is 4.75. The number of fused-ring (bicyclic) bond motifs is 3. The molecule has 0 spiro atoms. The minimum atomic E-state index is -0.230. The number of rotatable bonds is 6. The molecule has 3 aromatic rings. The maximum Gasteiger partial charge on any atom is 0.281 e. The SMILES string of the molecule is O=C(CCCOc1ccc(Br)cc1)Nn1cnc2sc3c(c2c1=O)CCCC3. The molecule has 2 aromatic heterocycles. The van der Waals surface area contributed by atoms with Crippen molar-refractivity contribution in [2.24, 2.45) is 0 Å². The molecule has 2 heterocycles. The number of amides is 1. The van der Waals surface area contributed by atoms with Gasteiger partial charge >= 0.3 is 0 Å². The van der Waals surface area contributed by atoms with Crippen LogP contribution in [0.25, 0.3) is 10.2 Å². The van der Waals surface area contributed by atoms with Gasteiger partial charge in [-0.3, -0.25) is 15.0 Å². The molecule has 28 heavy (non-hydrogen) atoms. The zero-order valence-corrected chi connectivity index (χ0v) is 17.6. The fourth-order valence-corrected chi connectivity index (χ4v) is 4.85. The third kappa shape index (κ3) is 4.12. The van der Waals surface area contributed by atoms with E-state index in [0.717, 1.165) is 46.3 Å². The van der Waals surface area contributed by atoms with Gasteiger partial charge in [-0.1, -0.05) is 15.9 Å². The van der Waals surface area contributed by atoms with Gasteiger partial charge in [0.2, 0.25) is 5.91 Å². The quantitative estimate of drug-likeness (QED) is 0.562. The fourth-order valence-electron chi connectivity index (χ4n) is 3.37. The van der Waals surface area contributed by atoms with E-state index in [2.05, 4.69) is 26.3 Å². The second kappa shape index (κ2) is 8.45. The summed E-state index contributed by atoms with van der Waals surface area (Å²) in [4.78, 5) is 31.5. The van der Waals surface area contributed by atoms with Crippen molar-refractivity contribution in [1.82, 2.24) is 9.66 Å². The van der Waals surface area contributed by atoms with Gasteiger partial charge in [0.05, 0.1) is 12.0 Å². The van der Waals surface area contributed by atoms with Crippen LogP contribution in [0.5, 0.6) is 5.75 Å². The summed E-state index contributed by atoms with van der Waals surface area (Å²) in [7, 11) is 0. The number of benzene rings is 1. The Bertz CT molecular complexity index is 1060. The summed E-state index contributed by atoms with van der Waals surface area (Å²) >= 11 is 4.98. The molecular formula is C20H20BrN3O3S. The summed E-state index contributed by atoms with van der Waals surface area (Å²) in [5.41, 5.74) is 3.58. The van der Waals surface area contributed by atoms with Gasteiger partial charge in [-0.05, 0) is 61.9 Å². The van der Waals surface area contributed by atoms with Crippen molar-refractivity contribution in [2.75, 3.05) is 12.0 Å². The van der Waals surface area contributed by atoms with E-state index in [1.54, 1.807) is 11.3 Å². The molecule has 1 aliphatic rings. The molecular weight excluding hydrogens is 442 g/mol. The lowest BCUT2D eigenvalue weighted by Crippen LogP contribution is -2.33. The molecule has 0 saturated heterocycles. The van der Waals surface area contributed by atoms with Gasteiger partial charge in [-0.15, -0.1) is 11.3 Å².